The Balaban J connectivity index is 2.83. The second-order valence-corrected chi connectivity index (χ2v) is 5.54. The highest BCUT2D eigenvalue weighted by Crippen LogP contribution is 2.14. The fraction of sp³-hybridized carbons (Fsp3) is 0.556. The summed E-state index contributed by atoms with van der Waals surface area (Å²) in [7, 11) is 1.64. The lowest BCUT2D eigenvalue weighted by molar-refractivity contribution is -0.143. The summed E-state index contributed by atoms with van der Waals surface area (Å²) in [4.78, 5) is 24.6. The van der Waals surface area contributed by atoms with Crippen LogP contribution >= 0.6 is 0 Å². The molecule has 1 rings (SSSR count). The zero-order valence-corrected chi connectivity index (χ0v) is 14.5. The lowest BCUT2D eigenvalue weighted by Gasteiger charge is -2.18. The van der Waals surface area contributed by atoms with E-state index in [2.05, 4.69) is 5.32 Å². The van der Waals surface area contributed by atoms with Gasteiger partial charge in [-0.3, -0.25) is 9.59 Å². The molecule has 0 heterocycles. The van der Waals surface area contributed by atoms with Crippen molar-refractivity contribution >= 4 is 11.8 Å². The van der Waals surface area contributed by atoms with Gasteiger partial charge in [0.25, 0.3) is 0 Å². The van der Waals surface area contributed by atoms with Gasteiger partial charge in [0.1, 0.15) is 0 Å². The molecule has 1 unspecified atom stereocenters. The molecule has 1 aromatic carbocycles. The molecule has 1 aromatic rings. The van der Waals surface area contributed by atoms with E-state index in [0.717, 1.165) is 17.5 Å². The Morgan fingerprint density at radius 3 is 2.61 bits per heavy atom. The summed E-state index contributed by atoms with van der Waals surface area (Å²) in [6, 6.07) is 5.13. The number of nitrogens with one attached hydrogen (secondary N) is 1. The molecule has 0 aliphatic heterocycles. The first-order chi connectivity index (χ1) is 11.0. The van der Waals surface area contributed by atoms with Gasteiger partial charge in [0.15, 0.2) is 5.78 Å². The minimum absolute atomic E-state index is 0.0347. The fourth-order valence-corrected chi connectivity index (χ4v) is 2.41. The third-order valence-corrected chi connectivity index (χ3v) is 3.56. The number of Topliss-reactive ketones (excluding diaryl/α,β-unsaturated/α-hetero) is 1. The summed E-state index contributed by atoms with van der Waals surface area (Å²) in [5.74, 6) is -0.442. The van der Waals surface area contributed by atoms with E-state index in [1.54, 1.807) is 14.0 Å². The van der Waals surface area contributed by atoms with Gasteiger partial charge in [-0.15, -0.1) is 0 Å². The van der Waals surface area contributed by atoms with Crippen LogP contribution in [0.15, 0.2) is 18.2 Å². The van der Waals surface area contributed by atoms with Gasteiger partial charge in [-0.2, -0.15) is 0 Å². The van der Waals surface area contributed by atoms with Crippen molar-refractivity contribution in [2.45, 2.75) is 39.7 Å². The van der Waals surface area contributed by atoms with Crippen LogP contribution in [0.4, 0.5) is 0 Å². The number of carbonyl (C=O) groups is 2. The predicted octanol–water partition coefficient (Wildman–Crippen LogP) is 2.43. The molecule has 5 heteroatoms. The molecule has 0 bridgehead atoms. The smallest absolute Gasteiger partial charge is 0.307 e. The van der Waals surface area contributed by atoms with Crippen LogP contribution in [0.25, 0.3) is 0 Å². The van der Waals surface area contributed by atoms with Crippen LogP contribution in [0.5, 0.6) is 0 Å². The summed E-state index contributed by atoms with van der Waals surface area (Å²) in [6.45, 7) is 7.18. The molecule has 0 spiro atoms. The van der Waals surface area contributed by atoms with Crippen molar-refractivity contribution in [1.29, 1.82) is 0 Å². The second kappa shape index (κ2) is 10.1. The number of benzene rings is 1. The van der Waals surface area contributed by atoms with E-state index < -0.39 is 6.04 Å². The summed E-state index contributed by atoms with van der Waals surface area (Å²) in [5, 5.41) is 3.15. The number of hydrogen-bond donors (Lipinski definition) is 1. The number of carbonyl (C=O) groups excluding carboxylic acids is 2. The number of rotatable bonds is 10. The molecule has 0 amide bonds. The molecule has 23 heavy (non-hydrogen) atoms. The molecule has 0 saturated carbocycles. The van der Waals surface area contributed by atoms with Crippen LogP contribution in [0.2, 0.25) is 0 Å². The Morgan fingerprint density at radius 1 is 1.26 bits per heavy atom. The van der Waals surface area contributed by atoms with E-state index in [4.69, 9.17) is 9.47 Å². The van der Waals surface area contributed by atoms with Crippen LogP contribution in [0.3, 0.4) is 0 Å². The first-order valence-corrected chi connectivity index (χ1v) is 7.99. The summed E-state index contributed by atoms with van der Waals surface area (Å²) >= 11 is 0. The minimum Gasteiger partial charge on any atom is -0.466 e. The maximum atomic E-state index is 12.8. The van der Waals surface area contributed by atoms with Crippen molar-refractivity contribution in [1.82, 2.24) is 5.32 Å². The second-order valence-electron chi connectivity index (χ2n) is 5.54. The van der Waals surface area contributed by atoms with Gasteiger partial charge in [0, 0.05) is 19.3 Å². The van der Waals surface area contributed by atoms with Crippen LogP contribution in [0.1, 0.15) is 41.3 Å². The third-order valence-electron chi connectivity index (χ3n) is 3.56. The van der Waals surface area contributed by atoms with Crippen LogP contribution < -0.4 is 5.32 Å². The zero-order valence-electron chi connectivity index (χ0n) is 14.5. The molecule has 128 valence electrons. The van der Waals surface area contributed by atoms with Gasteiger partial charge < -0.3 is 14.8 Å². The Labute approximate surface area is 138 Å². The SMILES string of the molecule is CCOC(=O)CC(NCCCOC)C(=O)c1ccc(C)cc1C. The average Bonchev–Trinajstić information content (AvgIpc) is 2.50. The van der Waals surface area contributed by atoms with Crippen LogP contribution in [0, 0.1) is 13.8 Å². The van der Waals surface area contributed by atoms with Gasteiger partial charge in [0.05, 0.1) is 19.1 Å². The predicted molar refractivity (Wildman–Crippen MR) is 89.8 cm³/mol. The van der Waals surface area contributed by atoms with Gasteiger partial charge in [-0.1, -0.05) is 23.8 Å². The van der Waals surface area contributed by atoms with Crippen molar-refractivity contribution in [3.05, 3.63) is 34.9 Å². The first kappa shape index (κ1) is 19.3. The summed E-state index contributed by atoms with van der Waals surface area (Å²) < 4.78 is 9.98. The van der Waals surface area contributed by atoms with Gasteiger partial charge in [0.2, 0.25) is 0 Å². The molecule has 1 atom stereocenters. The van der Waals surface area contributed by atoms with Crippen molar-refractivity contribution in [3.63, 3.8) is 0 Å². The Hall–Kier alpha value is -1.72. The Bertz CT molecular complexity index is 528. The number of aryl methyl sites for hydroxylation is 2. The van der Waals surface area contributed by atoms with E-state index >= 15 is 0 Å². The van der Waals surface area contributed by atoms with Crippen molar-refractivity contribution in [2.75, 3.05) is 26.9 Å². The molecule has 0 fully saturated rings. The van der Waals surface area contributed by atoms with E-state index in [9.17, 15) is 9.59 Å². The third kappa shape index (κ3) is 6.50. The number of ketones is 1. The van der Waals surface area contributed by atoms with Crippen molar-refractivity contribution < 1.29 is 19.1 Å². The first-order valence-electron chi connectivity index (χ1n) is 7.99. The van der Waals surface area contributed by atoms with Gasteiger partial charge in [-0.05, 0) is 39.3 Å². The molecular weight excluding hydrogens is 294 g/mol. The highest BCUT2D eigenvalue weighted by molar-refractivity contribution is 6.03. The van der Waals surface area contributed by atoms with Gasteiger partial charge >= 0.3 is 5.97 Å². The highest BCUT2D eigenvalue weighted by Gasteiger charge is 2.24. The quantitative estimate of drug-likeness (QED) is 0.407. The number of methoxy groups -OCH3 is 1. The standard InChI is InChI=1S/C18H27NO4/c1-5-23-17(20)12-16(19-9-6-10-22-4)18(21)15-8-7-13(2)11-14(15)3/h7-8,11,16,19H,5-6,9-10,12H2,1-4H3. The Morgan fingerprint density at radius 2 is 2.00 bits per heavy atom. The molecule has 0 aliphatic carbocycles. The monoisotopic (exact) mass is 321 g/mol. The summed E-state index contributed by atoms with van der Waals surface area (Å²) in [6.07, 6.45) is 0.808. The lowest BCUT2D eigenvalue weighted by atomic mass is 9.96. The largest absolute Gasteiger partial charge is 0.466 e. The minimum atomic E-state index is -0.577. The van der Waals surface area contributed by atoms with E-state index in [1.165, 1.54) is 0 Å². The molecule has 0 aromatic heterocycles. The van der Waals surface area contributed by atoms with E-state index in [1.807, 2.05) is 32.0 Å². The molecule has 5 nitrogen and oxygen atoms in total. The molecular formula is C18H27NO4. The highest BCUT2D eigenvalue weighted by atomic mass is 16.5. The lowest BCUT2D eigenvalue weighted by Crippen LogP contribution is -2.40. The Kier molecular flexibility index (Phi) is 8.51. The number of esters is 1. The maximum absolute atomic E-state index is 12.8. The van der Waals surface area contributed by atoms with E-state index in [0.29, 0.717) is 25.3 Å². The van der Waals surface area contributed by atoms with Gasteiger partial charge in [-0.25, -0.2) is 0 Å². The topological polar surface area (TPSA) is 64.6 Å². The zero-order chi connectivity index (χ0) is 17.2. The number of hydrogen-bond acceptors (Lipinski definition) is 5. The van der Waals surface area contributed by atoms with Crippen LogP contribution in [-0.4, -0.2) is 44.7 Å². The van der Waals surface area contributed by atoms with Crippen LogP contribution in [-0.2, 0) is 14.3 Å². The maximum Gasteiger partial charge on any atom is 0.307 e. The summed E-state index contributed by atoms with van der Waals surface area (Å²) in [5.41, 5.74) is 2.67. The van der Waals surface area contributed by atoms with Crippen molar-refractivity contribution in [3.8, 4) is 0 Å². The molecule has 0 saturated heterocycles. The number of ether oxygens (including phenoxy) is 2. The van der Waals surface area contributed by atoms with E-state index in [-0.39, 0.29) is 18.2 Å². The molecule has 0 aliphatic rings. The fourth-order valence-electron chi connectivity index (χ4n) is 2.41. The molecule has 1 N–H and O–H groups in total. The average molecular weight is 321 g/mol. The molecule has 0 radical (unpaired) electrons. The normalized spacial score (nSPS) is 12.0. The van der Waals surface area contributed by atoms with Crippen molar-refractivity contribution in [2.24, 2.45) is 0 Å².